The zero-order chi connectivity index (χ0) is 15.4. The van der Waals surface area contributed by atoms with E-state index >= 15 is 0 Å². The summed E-state index contributed by atoms with van der Waals surface area (Å²) in [6.45, 7) is 8.05. The minimum atomic E-state index is -0.187. The third kappa shape index (κ3) is 4.08. The maximum atomic E-state index is 12.1. The number of hydrogen-bond donors (Lipinski definition) is 2. The summed E-state index contributed by atoms with van der Waals surface area (Å²) < 4.78 is 5.55. The van der Waals surface area contributed by atoms with Crippen LogP contribution in [0, 0.1) is 0 Å². The van der Waals surface area contributed by atoms with E-state index in [1.807, 2.05) is 19.9 Å². The fraction of sp³-hybridized carbons (Fsp3) is 0.375. The van der Waals surface area contributed by atoms with Crippen LogP contribution in [0.15, 0.2) is 30.3 Å². The summed E-state index contributed by atoms with van der Waals surface area (Å²) >= 11 is 0. The highest BCUT2D eigenvalue weighted by molar-refractivity contribution is 6.03. The smallest absolute Gasteiger partial charge is 0.256 e. The van der Waals surface area contributed by atoms with E-state index in [2.05, 4.69) is 29.4 Å². The van der Waals surface area contributed by atoms with Crippen LogP contribution in [0.1, 0.15) is 49.7 Å². The molecular formula is C16H21N3O2. The van der Waals surface area contributed by atoms with Gasteiger partial charge in [-0.3, -0.25) is 9.89 Å². The monoisotopic (exact) mass is 287 g/mol. The molecule has 21 heavy (non-hydrogen) atoms. The molecule has 0 radical (unpaired) electrons. The van der Waals surface area contributed by atoms with Gasteiger partial charge in [0.05, 0.1) is 6.10 Å². The molecule has 0 saturated carbocycles. The Hall–Kier alpha value is -2.30. The Morgan fingerprint density at radius 3 is 2.38 bits per heavy atom. The van der Waals surface area contributed by atoms with Gasteiger partial charge in [-0.15, -0.1) is 0 Å². The fourth-order valence-electron chi connectivity index (χ4n) is 1.84. The molecule has 0 aliphatic rings. The molecule has 2 aromatic rings. The molecule has 0 saturated heterocycles. The number of ether oxygens (including phenoxy) is 1. The van der Waals surface area contributed by atoms with Crippen LogP contribution in [0.5, 0.6) is 5.75 Å². The number of aromatic nitrogens is 2. The van der Waals surface area contributed by atoms with Gasteiger partial charge in [-0.1, -0.05) is 13.8 Å². The van der Waals surface area contributed by atoms with Crippen LogP contribution in [-0.2, 0) is 0 Å². The number of rotatable bonds is 5. The molecule has 0 atom stereocenters. The Labute approximate surface area is 124 Å². The molecule has 0 unspecified atom stereocenters. The number of carbonyl (C=O) groups is 1. The Balaban J connectivity index is 2.02. The summed E-state index contributed by atoms with van der Waals surface area (Å²) in [5.74, 6) is 1.44. The Bertz CT molecular complexity index is 600. The highest BCUT2D eigenvalue weighted by atomic mass is 16.5. The molecule has 5 nitrogen and oxygen atoms in total. The van der Waals surface area contributed by atoms with Crippen LogP contribution in [-0.4, -0.2) is 22.2 Å². The van der Waals surface area contributed by atoms with Crippen molar-refractivity contribution in [3.63, 3.8) is 0 Å². The Morgan fingerprint density at radius 2 is 1.86 bits per heavy atom. The van der Waals surface area contributed by atoms with Gasteiger partial charge in [0.1, 0.15) is 5.75 Å². The number of amides is 1. The summed E-state index contributed by atoms with van der Waals surface area (Å²) in [5, 5.41) is 9.76. The molecule has 1 aromatic heterocycles. The van der Waals surface area contributed by atoms with Crippen LogP contribution in [0.3, 0.4) is 0 Å². The standard InChI is InChI=1S/C16H21N3O2/c1-10(2)14-9-15(19-18-14)17-16(20)12-5-7-13(8-6-12)21-11(3)4/h5-11H,1-4H3,(H2,17,18,19,20). The van der Waals surface area contributed by atoms with Gasteiger partial charge < -0.3 is 10.1 Å². The number of nitrogens with one attached hydrogen (secondary N) is 2. The average Bonchev–Trinajstić information content (AvgIpc) is 2.87. The number of aromatic amines is 1. The minimum Gasteiger partial charge on any atom is -0.491 e. The summed E-state index contributed by atoms with van der Waals surface area (Å²) in [4.78, 5) is 12.1. The molecule has 0 aliphatic carbocycles. The maximum absolute atomic E-state index is 12.1. The van der Waals surface area contributed by atoms with Crippen LogP contribution in [0.25, 0.3) is 0 Å². The normalized spacial score (nSPS) is 11.0. The second-order valence-corrected chi connectivity index (χ2v) is 5.51. The number of hydrogen-bond acceptors (Lipinski definition) is 3. The van der Waals surface area contributed by atoms with E-state index in [-0.39, 0.29) is 12.0 Å². The maximum Gasteiger partial charge on any atom is 0.256 e. The summed E-state index contributed by atoms with van der Waals surface area (Å²) in [7, 11) is 0. The van der Waals surface area contributed by atoms with Crippen LogP contribution in [0.4, 0.5) is 5.82 Å². The molecule has 0 spiro atoms. The highest BCUT2D eigenvalue weighted by Gasteiger charge is 2.10. The fourth-order valence-corrected chi connectivity index (χ4v) is 1.84. The molecule has 1 amide bonds. The number of carbonyl (C=O) groups excluding carboxylic acids is 1. The number of H-pyrrole nitrogens is 1. The number of anilines is 1. The highest BCUT2D eigenvalue weighted by Crippen LogP contribution is 2.17. The minimum absolute atomic E-state index is 0.114. The molecule has 5 heteroatoms. The van der Waals surface area contributed by atoms with Crippen LogP contribution in [0.2, 0.25) is 0 Å². The number of nitrogens with zero attached hydrogens (tertiary/aromatic N) is 1. The molecule has 0 aliphatic heterocycles. The largest absolute Gasteiger partial charge is 0.491 e. The lowest BCUT2D eigenvalue weighted by molar-refractivity contribution is 0.102. The van der Waals surface area contributed by atoms with Gasteiger partial charge in [0.2, 0.25) is 0 Å². The van der Waals surface area contributed by atoms with Gasteiger partial charge in [0.15, 0.2) is 5.82 Å². The van der Waals surface area contributed by atoms with E-state index in [0.29, 0.717) is 17.3 Å². The summed E-state index contributed by atoms with van der Waals surface area (Å²) in [5.41, 5.74) is 1.56. The van der Waals surface area contributed by atoms with E-state index in [4.69, 9.17) is 4.74 Å². The van der Waals surface area contributed by atoms with Crippen molar-refractivity contribution in [3.8, 4) is 5.75 Å². The van der Waals surface area contributed by atoms with Crippen molar-refractivity contribution >= 4 is 11.7 Å². The topological polar surface area (TPSA) is 67.0 Å². The lowest BCUT2D eigenvalue weighted by Gasteiger charge is -2.09. The van der Waals surface area contributed by atoms with Gasteiger partial charge in [0, 0.05) is 17.3 Å². The third-order valence-electron chi connectivity index (χ3n) is 2.95. The van der Waals surface area contributed by atoms with Crippen molar-refractivity contribution in [1.82, 2.24) is 10.2 Å². The molecule has 1 heterocycles. The quantitative estimate of drug-likeness (QED) is 0.883. The predicted octanol–water partition coefficient (Wildman–Crippen LogP) is 3.57. The lowest BCUT2D eigenvalue weighted by atomic mass is 10.1. The Kier molecular flexibility index (Phi) is 4.62. The second-order valence-electron chi connectivity index (χ2n) is 5.51. The van der Waals surface area contributed by atoms with Crippen molar-refractivity contribution in [2.75, 3.05) is 5.32 Å². The molecule has 112 valence electrons. The molecule has 1 aromatic carbocycles. The zero-order valence-corrected chi connectivity index (χ0v) is 12.8. The van der Waals surface area contributed by atoms with Gasteiger partial charge in [0.25, 0.3) is 5.91 Å². The van der Waals surface area contributed by atoms with E-state index in [1.165, 1.54) is 0 Å². The van der Waals surface area contributed by atoms with Crippen molar-refractivity contribution in [1.29, 1.82) is 0 Å². The van der Waals surface area contributed by atoms with Crippen molar-refractivity contribution in [2.45, 2.75) is 39.7 Å². The van der Waals surface area contributed by atoms with E-state index in [0.717, 1.165) is 11.4 Å². The van der Waals surface area contributed by atoms with E-state index in [9.17, 15) is 4.79 Å². The Morgan fingerprint density at radius 1 is 1.19 bits per heavy atom. The molecule has 2 N–H and O–H groups in total. The van der Waals surface area contributed by atoms with Crippen molar-refractivity contribution < 1.29 is 9.53 Å². The van der Waals surface area contributed by atoms with Crippen molar-refractivity contribution in [2.24, 2.45) is 0 Å². The first-order chi connectivity index (χ1) is 9.95. The first kappa shape index (κ1) is 15.1. The summed E-state index contributed by atoms with van der Waals surface area (Å²) in [6, 6.07) is 8.91. The first-order valence-corrected chi connectivity index (χ1v) is 7.09. The zero-order valence-electron chi connectivity index (χ0n) is 12.8. The van der Waals surface area contributed by atoms with Crippen LogP contribution < -0.4 is 10.1 Å². The van der Waals surface area contributed by atoms with Gasteiger partial charge >= 0.3 is 0 Å². The van der Waals surface area contributed by atoms with E-state index in [1.54, 1.807) is 24.3 Å². The molecular weight excluding hydrogens is 266 g/mol. The SMILES string of the molecule is CC(C)Oc1ccc(C(=O)Nc2cc(C(C)C)[nH]n2)cc1. The van der Waals surface area contributed by atoms with Gasteiger partial charge in [-0.25, -0.2) is 0 Å². The molecule has 0 fully saturated rings. The first-order valence-electron chi connectivity index (χ1n) is 7.09. The van der Waals surface area contributed by atoms with Gasteiger partial charge in [-0.05, 0) is 44.0 Å². The lowest BCUT2D eigenvalue weighted by Crippen LogP contribution is -2.12. The summed E-state index contributed by atoms with van der Waals surface area (Å²) in [6.07, 6.45) is 0.114. The van der Waals surface area contributed by atoms with Crippen molar-refractivity contribution in [3.05, 3.63) is 41.6 Å². The third-order valence-corrected chi connectivity index (χ3v) is 2.95. The molecule has 2 rings (SSSR count). The average molecular weight is 287 g/mol. The number of benzene rings is 1. The second kappa shape index (κ2) is 6.43. The van der Waals surface area contributed by atoms with Crippen LogP contribution >= 0.6 is 0 Å². The van der Waals surface area contributed by atoms with E-state index < -0.39 is 0 Å². The predicted molar refractivity (Wildman–Crippen MR) is 82.8 cm³/mol. The molecule has 0 bridgehead atoms. The van der Waals surface area contributed by atoms with Gasteiger partial charge in [-0.2, -0.15) is 5.10 Å².